The zero-order valence-electron chi connectivity index (χ0n) is 20.2. The van der Waals surface area contributed by atoms with Crippen LogP contribution in [0.4, 0.5) is 16.2 Å². The zero-order chi connectivity index (χ0) is 24.8. The van der Waals surface area contributed by atoms with Gasteiger partial charge in [-0.25, -0.2) is 14.6 Å². The van der Waals surface area contributed by atoms with E-state index in [4.69, 9.17) is 24.0 Å². The molecule has 6 rings (SSSR count). The van der Waals surface area contributed by atoms with Crippen LogP contribution in [0.15, 0.2) is 24.3 Å². The third kappa shape index (κ3) is 4.29. The Kier molecular flexibility index (Phi) is 6.47. The molecule has 1 spiro atoms. The number of carbonyl (C=O) groups is 1. The highest BCUT2D eigenvalue weighted by atomic mass is 17.3. The number of nitrogens with one attached hydrogen (secondary N) is 2. The Morgan fingerprint density at radius 3 is 2.80 bits per heavy atom. The number of nitro groups is 1. The van der Waals surface area contributed by atoms with Crippen LogP contribution in [0.3, 0.4) is 0 Å². The van der Waals surface area contributed by atoms with Crippen molar-refractivity contribution in [2.45, 2.75) is 70.4 Å². The molecule has 1 aromatic rings. The van der Waals surface area contributed by atoms with Crippen molar-refractivity contribution in [1.82, 2.24) is 5.32 Å². The summed E-state index contributed by atoms with van der Waals surface area (Å²) >= 11 is 0. The molecule has 2 amide bonds. The summed E-state index contributed by atoms with van der Waals surface area (Å²) in [5.74, 6) is 0.119. The molecule has 5 fully saturated rings. The molecular weight excluding hydrogens is 458 g/mol. The van der Waals surface area contributed by atoms with E-state index in [0.717, 1.165) is 25.7 Å². The fraction of sp³-hybridized carbons (Fsp3) is 0.708. The average molecular weight is 492 g/mol. The Hall–Kier alpha value is -2.31. The summed E-state index contributed by atoms with van der Waals surface area (Å²) in [7, 11) is 0. The summed E-state index contributed by atoms with van der Waals surface area (Å²) in [5, 5.41) is 16.3. The number of para-hydroxylation sites is 2. The predicted molar refractivity (Wildman–Crippen MR) is 123 cm³/mol. The molecule has 0 radical (unpaired) electrons. The second-order valence-corrected chi connectivity index (χ2v) is 10.3. The van der Waals surface area contributed by atoms with Gasteiger partial charge in [0.05, 0.1) is 11.5 Å². The largest absolute Gasteiger partial charge is 0.350 e. The first kappa shape index (κ1) is 24.4. The van der Waals surface area contributed by atoms with Crippen LogP contribution in [0.5, 0.6) is 0 Å². The van der Waals surface area contributed by atoms with Crippen molar-refractivity contribution < 1.29 is 33.7 Å². The van der Waals surface area contributed by atoms with E-state index in [1.165, 1.54) is 12.1 Å². The topological polar surface area (TPSA) is 130 Å². The van der Waals surface area contributed by atoms with Crippen molar-refractivity contribution in [1.29, 1.82) is 0 Å². The number of nitrogens with zero attached hydrogens (tertiary/aromatic N) is 1. The molecule has 8 atom stereocenters. The Balaban J connectivity index is 1.19. The Morgan fingerprint density at radius 1 is 1.20 bits per heavy atom. The first-order valence-corrected chi connectivity index (χ1v) is 12.3. The van der Waals surface area contributed by atoms with Crippen LogP contribution in [0.2, 0.25) is 0 Å². The lowest BCUT2D eigenvalue weighted by atomic mass is 9.58. The van der Waals surface area contributed by atoms with Crippen molar-refractivity contribution in [2.24, 2.45) is 23.7 Å². The highest BCUT2D eigenvalue weighted by Crippen LogP contribution is 2.60. The van der Waals surface area contributed by atoms with Crippen LogP contribution in [0, 0.1) is 33.8 Å². The molecule has 35 heavy (non-hydrogen) atoms. The van der Waals surface area contributed by atoms with Gasteiger partial charge in [0.15, 0.2) is 18.2 Å². The Morgan fingerprint density at radius 2 is 2.00 bits per heavy atom. The quantitative estimate of drug-likeness (QED) is 0.265. The lowest BCUT2D eigenvalue weighted by molar-refractivity contribution is -0.577. The minimum Gasteiger partial charge on any atom is -0.350 e. The third-order valence-electron chi connectivity index (χ3n) is 8.12. The third-order valence-corrected chi connectivity index (χ3v) is 8.12. The van der Waals surface area contributed by atoms with Gasteiger partial charge in [0, 0.05) is 30.9 Å². The minimum atomic E-state index is -0.845. The highest BCUT2D eigenvalue weighted by molar-refractivity contribution is 5.91. The smallest absolute Gasteiger partial charge is 0.319 e. The van der Waals surface area contributed by atoms with E-state index in [0.29, 0.717) is 5.92 Å². The van der Waals surface area contributed by atoms with Crippen LogP contribution in [-0.2, 0) is 24.0 Å². The van der Waals surface area contributed by atoms with Crippen molar-refractivity contribution in [3.05, 3.63) is 34.4 Å². The van der Waals surface area contributed by atoms with Gasteiger partial charge in [0.25, 0.3) is 5.69 Å². The molecule has 4 aliphatic heterocycles. The summed E-state index contributed by atoms with van der Waals surface area (Å²) in [5.41, 5.74) is -0.687. The molecule has 4 saturated heterocycles. The summed E-state index contributed by atoms with van der Waals surface area (Å²) in [6.45, 7) is 6.67. The zero-order valence-corrected chi connectivity index (χ0v) is 20.2. The van der Waals surface area contributed by atoms with Gasteiger partial charge in [0.1, 0.15) is 5.69 Å². The van der Waals surface area contributed by atoms with Crippen LogP contribution in [0.25, 0.3) is 0 Å². The standard InChI is InChI=1S/C24H33N3O8/c1-14-8-9-17-15(2)20(32-21-24(17)16(14)10-11-23(3,33-21)34-35-24)31-13-12-25-22(28)26-18-6-4-5-7-19(18)27(29)30/h4-7,14-17,20-21H,8-13H2,1-3H3,(H2,25,26,28)/t14-,15-,16+,17+,20-,21-,23+,24-/m1/s1. The van der Waals surface area contributed by atoms with E-state index in [1.54, 1.807) is 12.1 Å². The molecule has 11 nitrogen and oxygen atoms in total. The molecule has 0 unspecified atom stereocenters. The van der Waals surface area contributed by atoms with E-state index in [-0.39, 0.29) is 42.3 Å². The van der Waals surface area contributed by atoms with Gasteiger partial charge < -0.3 is 24.8 Å². The number of hydrogen-bond donors (Lipinski definition) is 2. The van der Waals surface area contributed by atoms with Gasteiger partial charge >= 0.3 is 6.03 Å². The fourth-order valence-corrected chi connectivity index (χ4v) is 6.31. The Bertz CT molecular complexity index is 978. The van der Waals surface area contributed by atoms with E-state index in [1.807, 2.05) is 6.92 Å². The maximum Gasteiger partial charge on any atom is 0.319 e. The van der Waals surface area contributed by atoms with E-state index in [2.05, 4.69) is 24.5 Å². The number of fused-ring (bicyclic) bond motifs is 2. The summed E-state index contributed by atoms with van der Waals surface area (Å²) < 4.78 is 18.7. The van der Waals surface area contributed by atoms with Gasteiger partial charge in [-0.1, -0.05) is 26.0 Å². The van der Waals surface area contributed by atoms with Crippen molar-refractivity contribution in [3.63, 3.8) is 0 Å². The van der Waals surface area contributed by atoms with Gasteiger partial charge in [0.2, 0.25) is 5.79 Å². The van der Waals surface area contributed by atoms with Crippen LogP contribution in [0.1, 0.15) is 46.5 Å². The maximum absolute atomic E-state index is 12.2. The minimum absolute atomic E-state index is 0.0386. The summed E-state index contributed by atoms with van der Waals surface area (Å²) in [4.78, 5) is 34.8. The molecule has 1 saturated carbocycles. The second-order valence-electron chi connectivity index (χ2n) is 10.3. The van der Waals surface area contributed by atoms with Crippen molar-refractivity contribution in [3.8, 4) is 0 Å². The number of rotatable bonds is 6. The summed E-state index contributed by atoms with van der Waals surface area (Å²) in [6, 6.07) is 5.43. The van der Waals surface area contributed by atoms with Crippen molar-refractivity contribution in [2.75, 3.05) is 18.5 Å². The lowest BCUT2D eigenvalue weighted by Gasteiger charge is -2.60. The molecule has 4 heterocycles. The average Bonchev–Trinajstić information content (AvgIpc) is 3.06. The first-order valence-electron chi connectivity index (χ1n) is 12.3. The predicted octanol–water partition coefficient (Wildman–Crippen LogP) is 3.94. The first-order chi connectivity index (χ1) is 16.7. The molecule has 11 heteroatoms. The molecule has 2 N–H and O–H groups in total. The number of benzene rings is 1. The number of urea groups is 1. The number of anilines is 1. The van der Waals surface area contributed by atoms with E-state index in [9.17, 15) is 14.9 Å². The Labute approximate surface area is 203 Å². The maximum atomic E-state index is 12.2. The number of hydrogen-bond acceptors (Lipinski definition) is 8. The summed E-state index contributed by atoms with van der Waals surface area (Å²) in [6.07, 6.45) is 2.68. The van der Waals surface area contributed by atoms with E-state index >= 15 is 0 Å². The molecule has 0 aromatic heterocycles. The number of amides is 2. The molecule has 1 aliphatic carbocycles. The van der Waals surface area contributed by atoms with Crippen LogP contribution < -0.4 is 10.6 Å². The van der Waals surface area contributed by atoms with Gasteiger partial charge in [-0.3, -0.25) is 10.1 Å². The highest BCUT2D eigenvalue weighted by Gasteiger charge is 2.69. The van der Waals surface area contributed by atoms with E-state index < -0.39 is 34.9 Å². The number of nitro benzene ring substituents is 1. The van der Waals surface area contributed by atoms with Crippen LogP contribution in [-0.4, -0.2) is 48.1 Å². The molecule has 5 aliphatic rings. The van der Waals surface area contributed by atoms with Gasteiger partial charge in [-0.2, -0.15) is 0 Å². The second kappa shape index (κ2) is 9.29. The number of carbonyl (C=O) groups excluding carboxylic acids is 1. The molecular formula is C24H33N3O8. The lowest BCUT2D eigenvalue weighted by Crippen LogP contribution is -2.70. The number of ether oxygens (including phenoxy) is 3. The van der Waals surface area contributed by atoms with Crippen LogP contribution >= 0.6 is 0 Å². The van der Waals surface area contributed by atoms with Gasteiger partial charge in [-0.15, -0.1) is 0 Å². The molecule has 192 valence electrons. The van der Waals surface area contributed by atoms with Crippen molar-refractivity contribution >= 4 is 17.4 Å². The molecule has 1 aromatic carbocycles. The monoisotopic (exact) mass is 491 g/mol. The fourth-order valence-electron chi connectivity index (χ4n) is 6.31. The normalized spacial score (nSPS) is 39.9. The molecule has 2 bridgehead atoms. The van der Waals surface area contributed by atoms with Gasteiger partial charge in [-0.05, 0) is 44.1 Å². The SMILES string of the molecule is C[C@H]1[C@H](OCCNC(=O)Nc2ccccc2[N+](=O)[O-])O[C@@H]2O[C@]3(C)CC[C@H]4[C@H](C)CC[C@@H]1[C@@]24OO3.